The van der Waals surface area contributed by atoms with E-state index in [0.717, 1.165) is 0 Å². The van der Waals surface area contributed by atoms with Gasteiger partial charge in [-0.05, 0) is 36.8 Å². The summed E-state index contributed by atoms with van der Waals surface area (Å²) in [6, 6.07) is 10.5. The van der Waals surface area contributed by atoms with Crippen LogP contribution in [0.5, 0.6) is 11.5 Å². The molecule has 2 aromatic rings. The zero-order chi connectivity index (χ0) is 19.1. The molecule has 1 unspecified atom stereocenters. The molecular weight excluding hydrogens is 341 g/mol. The lowest BCUT2D eigenvalue weighted by Crippen LogP contribution is -2.30. The molecular formula is C19H20FNO5. The highest BCUT2D eigenvalue weighted by Crippen LogP contribution is 2.29. The van der Waals surface area contributed by atoms with Crippen LogP contribution in [0.3, 0.4) is 0 Å². The molecule has 1 N–H and O–H groups in total. The second-order valence-corrected chi connectivity index (χ2v) is 5.50. The van der Waals surface area contributed by atoms with Crippen LogP contribution in [0.4, 0.5) is 10.1 Å². The monoisotopic (exact) mass is 361 g/mol. The number of ether oxygens (including phenoxy) is 3. The van der Waals surface area contributed by atoms with E-state index in [9.17, 15) is 14.0 Å². The lowest BCUT2D eigenvalue weighted by atomic mass is 10.1. The van der Waals surface area contributed by atoms with Gasteiger partial charge in [0.05, 0.1) is 20.6 Å². The Morgan fingerprint density at radius 3 is 2.46 bits per heavy atom. The zero-order valence-corrected chi connectivity index (χ0v) is 14.7. The molecule has 0 heterocycles. The molecule has 2 rings (SSSR count). The maximum atomic E-state index is 13.1. The molecule has 7 heteroatoms. The van der Waals surface area contributed by atoms with E-state index in [2.05, 4.69) is 5.32 Å². The van der Waals surface area contributed by atoms with Crippen molar-refractivity contribution in [3.8, 4) is 11.5 Å². The van der Waals surface area contributed by atoms with Crippen LogP contribution < -0.4 is 14.8 Å². The fourth-order valence-corrected chi connectivity index (χ4v) is 2.26. The van der Waals surface area contributed by atoms with Gasteiger partial charge in [0.2, 0.25) is 0 Å². The van der Waals surface area contributed by atoms with E-state index in [4.69, 9.17) is 14.2 Å². The van der Waals surface area contributed by atoms with Crippen LogP contribution >= 0.6 is 0 Å². The number of nitrogens with one attached hydrogen (secondary N) is 1. The van der Waals surface area contributed by atoms with Crippen molar-refractivity contribution in [2.75, 3.05) is 19.5 Å². The molecule has 1 atom stereocenters. The van der Waals surface area contributed by atoms with E-state index in [-0.39, 0.29) is 6.42 Å². The number of amides is 1. The summed E-state index contributed by atoms with van der Waals surface area (Å²) in [4.78, 5) is 24.1. The molecule has 0 aliphatic heterocycles. The minimum atomic E-state index is -1.01. The number of carbonyl (C=O) groups is 2. The predicted molar refractivity (Wildman–Crippen MR) is 93.8 cm³/mol. The van der Waals surface area contributed by atoms with Crippen molar-refractivity contribution in [2.24, 2.45) is 0 Å². The van der Waals surface area contributed by atoms with Crippen LogP contribution in [0.25, 0.3) is 0 Å². The van der Waals surface area contributed by atoms with Crippen LogP contribution in [-0.2, 0) is 20.7 Å². The van der Waals surface area contributed by atoms with Crippen molar-refractivity contribution in [2.45, 2.75) is 19.4 Å². The normalized spacial score (nSPS) is 11.4. The van der Waals surface area contributed by atoms with Crippen LogP contribution in [-0.4, -0.2) is 32.2 Å². The number of methoxy groups -OCH3 is 2. The first kappa shape index (κ1) is 19.2. The van der Waals surface area contributed by atoms with Gasteiger partial charge >= 0.3 is 5.97 Å². The summed E-state index contributed by atoms with van der Waals surface area (Å²) in [6.45, 7) is 1.46. The summed E-state index contributed by atoms with van der Waals surface area (Å²) in [5.41, 5.74) is 0.947. The van der Waals surface area contributed by atoms with Gasteiger partial charge in [-0.1, -0.05) is 12.1 Å². The van der Waals surface area contributed by atoms with Gasteiger partial charge in [0, 0.05) is 11.8 Å². The molecule has 0 fully saturated rings. The highest BCUT2D eigenvalue weighted by atomic mass is 19.1. The van der Waals surface area contributed by atoms with Crippen molar-refractivity contribution in [3.63, 3.8) is 0 Å². The Morgan fingerprint density at radius 1 is 1.08 bits per heavy atom. The first-order valence-corrected chi connectivity index (χ1v) is 7.89. The molecule has 0 radical (unpaired) electrons. The quantitative estimate of drug-likeness (QED) is 0.768. The van der Waals surface area contributed by atoms with Gasteiger partial charge in [-0.15, -0.1) is 0 Å². The third-order valence-electron chi connectivity index (χ3n) is 3.57. The first-order valence-electron chi connectivity index (χ1n) is 7.89. The number of halogens is 1. The summed E-state index contributed by atoms with van der Waals surface area (Å²) in [7, 11) is 3.00. The van der Waals surface area contributed by atoms with E-state index in [1.165, 1.54) is 39.3 Å². The van der Waals surface area contributed by atoms with Crippen molar-refractivity contribution in [3.05, 3.63) is 53.8 Å². The number of rotatable bonds is 7. The number of anilines is 1. The molecule has 0 saturated heterocycles. The molecule has 0 bridgehead atoms. The molecule has 26 heavy (non-hydrogen) atoms. The zero-order valence-electron chi connectivity index (χ0n) is 14.7. The van der Waals surface area contributed by atoms with E-state index in [1.807, 2.05) is 0 Å². The predicted octanol–water partition coefficient (Wildman–Crippen LogP) is 2.96. The molecule has 0 aliphatic rings. The van der Waals surface area contributed by atoms with Crippen molar-refractivity contribution < 1.29 is 28.2 Å². The number of hydrogen-bond donors (Lipinski definition) is 1. The van der Waals surface area contributed by atoms with E-state index >= 15 is 0 Å². The molecule has 0 spiro atoms. The van der Waals surface area contributed by atoms with Crippen LogP contribution in [0.2, 0.25) is 0 Å². The van der Waals surface area contributed by atoms with Gasteiger partial charge in [0.15, 0.2) is 17.6 Å². The van der Waals surface area contributed by atoms with Gasteiger partial charge < -0.3 is 19.5 Å². The maximum absolute atomic E-state index is 13.1. The molecule has 6 nitrogen and oxygen atoms in total. The number of carbonyl (C=O) groups excluding carboxylic acids is 2. The lowest BCUT2D eigenvalue weighted by molar-refractivity contribution is -0.152. The summed E-state index contributed by atoms with van der Waals surface area (Å²) >= 11 is 0. The minimum Gasteiger partial charge on any atom is -0.493 e. The number of benzene rings is 2. The lowest BCUT2D eigenvalue weighted by Gasteiger charge is -2.15. The first-order chi connectivity index (χ1) is 12.4. The van der Waals surface area contributed by atoms with Gasteiger partial charge in [-0.25, -0.2) is 4.39 Å². The highest BCUT2D eigenvalue weighted by Gasteiger charge is 2.19. The smallest absolute Gasteiger partial charge is 0.311 e. The summed E-state index contributed by atoms with van der Waals surface area (Å²) < 4.78 is 28.5. The molecule has 0 aliphatic carbocycles. The number of hydrogen-bond acceptors (Lipinski definition) is 5. The third-order valence-corrected chi connectivity index (χ3v) is 3.57. The van der Waals surface area contributed by atoms with Crippen LogP contribution in [0.1, 0.15) is 12.5 Å². The molecule has 0 saturated carbocycles. The molecule has 1 amide bonds. The highest BCUT2D eigenvalue weighted by molar-refractivity contribution is 5.95. The van der Waals surface area contributed by atoms with Crippen molar-refractivity contribution in [1.29, 1.82) is 0 Å². The van der Waals surface area contributed by atoms with Crippen LogP contribution in [0.15, 0.2) is 42.5 Å². The van der Waals surface area contributed by atoms with Gasteiger partial charge in [-0.3, -0.25) is 9.59 Å². The minimum absolute atomic E-state index is 0.119. The van der Waals surface area contributed by atoms with E-state index < -0.39 is 23.8 Å². The Hall–Kier alpha value is -3.09. The Kier molecular flexibility index (Phi) is 6.54. The summed E-state index contributed by atoms with van der Waals surface area (Å²) in [5, 5.41) is 2.63. The standard InChI is InChI=1S/C19H20FNO5/c1-12(26-18(22)10-13-5-4-6-14(20)9-13)19(23)21-15-7-8-16(24-2)17(11-15)25-3/h4-9,11-12H,10H2,1-3H3,(H,21,23). The van der Waals surface area contributed by atoms with Crippen molar-refractivity contribution >= 4 is 17.6 Å². The molecule has 138 valence electrons. The third kappa shape index (κ3) is 5.20. The van der Waals surface area contributed by atoms with E-state index in [1.54, 1.807) is 24.3 Å². The average molecular weight is 361 g/mol. The average Bonchev–Trinajstić information content (AvgIpc) is 2.61. The Bertz CT molecular complexity index is 793. The Morgan fingerprint density at radius 2 is 1.81 bits per heavy atom. The SMILES string of the molecule is COc1ccc(NC(=O)C(C)OC(=O)Cc2cccc(F)c2)cc1OC. The topological polar surface area (TPSA) is 73.9 Å². The second kappa shape index (κ2) is 8.84. The van der Waals surface area contributed by atoms with Crippen LogP contribution in [0, 0.1) is 5.82 Å². The van der Waals surface area contributed by atoms with Crippen molar-refractivity contribution in [1.82, 2.24) is 0 Å². The largest absolute Gasteiger partial charge is 0.493 e. The fourth-order valence-electron chi connectivity index (χ4n) is 2.26. The van der Waals surface area contributed by atoms with Gasteiger partial charge in [0.1, 0.15) is 5.82 Å². The van der Waals surface area contributed by atoms with Gasteiger partial charge in [-0.2, -0.15) is 0 Å². The summed E-state index contributed by atoms with van der Waals surface area (Å²) in [5.74, 6) is -0.564. The maximum Gasteiger partial charge on any atom is 0.311 e. The number of esters is 1. The summed E-state index contributed by atoms with van der Waals surface area (Å²) in [6.07, 6.45) is -1.13. The molecule has 2 aromatic carbocycles. The second-order valence-electron chi connectivity index (χ2n) is 5.50. The molecule has 0 aromatic heterocycles. The fraction of sp³-hybridized carbons (Fsp3) is 0.263. The van der Waals surface area contributed by atoms with Gasteiger partial charge in [0.25, 0.3) is 5.91 Å². The Labute approximate surface area is 150 Å². The Balaban J connectivity index is 1.93. The van der Waals surface area contributed by atoms with E-state index in [0.29, 0.717) is 22.7 Å².